The SMILES string of the molecule is Cc1nn2ccsc2c1C#N. The summed E-state index contributed by atoms with van der Waals surface area (Å²) in [6.45, 7) is 1.85. The Kier molecular flexibility index (Phi) is 1.20. The molecular formula is C7H5N3S. The van der Waals surface area contributed by atoms with Gasteiger partial charge in [0.2, 0.25) is 0 Å². The van der Waals surface area contributed by atoms with Crippen molar-refractivity contribution in [1.29, 1.82) is 5.26 Å². The number of hydrogen-bond donors (Lipinski definition) is 0. The molecule has 2 heterocycles. The third kappa shape index (κ3) is 0.748. The summed E-state index contributed by atoms with van der Waals surface area (Å²) in [5.74, 6) is 0. The van der Waals surface area contributed by atoms with Gasteiger partial charge in [0.15, 0.2) is 0 Å². The molecule has 0 bridgehead atoms. The van der Waals surface area contributed by atoms with Crippen LogP contribution < -0.4 is 0 Å². The van der Waals surface area contributed by atoms with E-state index in [4.69, 9.17) is 5.26 Å². The zero-order valence-corrected chi connectivity index (χ0v) is 6.72. The van der Waals surface area contributed by atoms with Gasteiger partial charge in [0.1, 0.15) is 16.5 Å². The average Bonchev–Trinajstić information content (AvgIpc) is 2.46. The van der Waals surface area contributed by atoms with Crippen molar-refractivity contribution in [2.45, 2.75) is 6.92 Å². The molecule has 0 amide bonds. The minimum absolute atomic E-state index is 0.694. The minimum Gasteiger partial charge on any atom is -0.228 e. The first kappa shape index (κ1) is 6.38. The Balaban J connectivity index is 2.94. The van der Waals surface area contributed by atoms with E-state index in [1.807, 2.05) is 18.5 Å². The van der Waals surface area contributed by atoms with Gasteiger partial charge in [-0.2, -0.15) is 10.4 Å². The van der Waals surface area contributed by atoms with Crippen LogP contribution in [0.2, 0.25) is 0 Å². The van der Waals surface area contributed by atoms with Gasteiger partial charge < -0.3 is 0 Å². The van der Waals surface area contributed by atoms with E-state index in [1.165, 1.54) is 11.3 Å². The molecule has 0 N–H and O–H groups in total. The van der Waals surface area contributed by atoms with Crippen LogP contribution in [0.25, 0.3) is 4.83 Å². The fourth-order valence-corrected chi connectivity index (χ4v) is 1.85. The topological polar surface area (TPSA) is 41.1 Å². The quantitative estimate of drug-likeness (QED) is 0.591. The Hall–Kier alpha value is -1.34. The second-order valence-corrected chi connectivity index (χ2v) is 3.12. The molecule has 3 nitrogen and oxygen atoms in total. The summed E-state index contributed by atoms with van der Waals surface area (Å²) in [5, 5.41) is 14.8. The molecule has 0 unspecified atom stereocenters. The summed E-state index contributed by atoms with van der Waals surface area (Å²) in [5.41, 5.74) is 1.50. The number of fused-ring (bicyclic) bond motifs is 1. The average molecular weight is 163 g/mol. The van der Waals surface area contributed by atoms with Crippen molar-refractivity contribution in [3.05, 3.63) is 22.8 Å². The highest BCUT2D eigenvalue weighted by Crippen LogP contribution is 2.18. The zero-order valence-electron chi connectivity index (χ0n) is 5.90. The zero-order chi connectivity index (χ0) is 7.84. The number of hydrogen-bond acceptors (Lipinski definition) is 3. The largest absolute Gasteiger partial charge is 0.228 e. The van der Waals surface area contributed by atoms with Gasteiger partial charge in [-0.25, -0.2) is 4.52 Å². The Labute approximate surface area is 67.5 Å². The Morgan fingerprint density at radius 2 is 2.55 bits per heavy atom. The number of nitriles is 1. The molecule has 54 valence electrons. The van der Waals surface area contributed by atoms with Gasteiger partial charge in [0, 0.05) is 11.6 Å². The lowest BCUT2D eigenvalue weighted by Gasteiger charge is -1.77. The van der Waals surface area contributed by atoms with Gasteiger partial charge in [-0.15, -0.1) is 11.3 Å². The van der Waals surface area contributed by atoms with E-state index < -0.39 is 0 Å². The van der Waals surface area contributed by atoms with Gasteiger partial charge in [-0.05, 0) is 6.92 Å². The molecule has 0 fully saturated rings. The maximum Gasteiger partial charge on any atom is 0.137 e. The molecule has 0 saturated carbocycles. The van der Waals surface area contributed by atoms with Gasteiger partial charge >= 0.3 is 0 Å². The summed E-state index contributed by atoms with van der Waals surface area (Å²) >= 11 is 1.54. The smallest absolute Gasteiger partial charge is 0.137 e. The Morgan fingerprint density at radius 3 is 3.27 bits per heavy atom. The predicted octanol–water partition coefficient (Wildman–Crippen LogP) is 1.58. The van der Waals surface area contributed by atoms with Crippen LogP contribution in [0.15, 0.2) is 11.6 Å². The van der Waals surface area contributed by atoms with Crippen LogP contribution in [0.3, 0.4) is 0 Å². The standard InChI is InChI=1S/C7H5N3S/c1-5-6(4-8)7-10(9-5)2-3-11-7/h2-3H,1H3. The molecule has 11 heavy (non-hydrogen) atoms. The van der Waals surface area contributed by atoms with Crippen molar-refractivity contribution in [2.24, 2.45) is 0 Å². The van der Waals surface area contributed by atoms with Crippen molar-refractivity contribution < 1.29 is 0 Å². The molecule has 0 aliphatic carbocycles. The van der Waals surface area contributed by atoms with Crippen LogP contribution in [0.5, 0.6) is 0 Å². The van der Waals surface area contributed by atoms with E-state index in [2.05, 4.69) is 11.2 Å². The molecule has 2 aromatic heterocycles. The number of thiazole rings is 1. The molecule has 2 aromatic rings. The van der Waals surface area contributed by atoms with E-state index in [9.17, 15) is 0 Å². The van der Waals surface area contributed by atoms with E-state index in [-0.39, 0.29) is 0 Å². The number of nitrogens with zero attached hydrogens (tertiary/aromatic N) is 3. The number of rotatable bonds is 0. The molecule has 0 aliphatic rings. The second-order valence-electron chi connectivity index (χ2n) is 2.22. The van der Waals surface area contributed by atoms with Crippen LogP contribution in [-0.2, 0) is 0 Å². The van der Waals surface area contributed by atoms with Crippen LogP contribution in [-0.4, -0.2) is 9.61 Å². The molecule has 0 spiro atoms. The van der Waals surface area contributed by atoms with E-state index in [0.29, 0.717) is 5.56 Å². The summed E-state index contributed by atoms with van der Waals surface area (Å²) in [7, 11) is 0. The lowest BCUT2D eigenvalue weighted by molar-refractivity contribution is 0.947. The summed E-state index contributed by atoms with van der Waals surface area (Å²) in [6, 6.07) is 2.13. The highest BCUT2D eigenvalue weighted by molar-refractivity contribution is 7.15. The first-order valence-corrected chi connectivity index (χ1v) is 4.03. The van der Waals surface area contributed by atoms with Crippen molar-refractivity contribution >= 4 is 16.2 Å². The normalized spacial score (nSPS) is 10.2. The maximum atomic E-state index is 8.73. The van der Waals surface area contributed by atoms with Crippen LogP contribution in [0.4, 0.5) is 0 Å². The van der Waals surface area contributed by atoms with E-state index >= 15 is 0 Å². The van der Waals surface area contributed by atoms with E-state index in [0.717, 1.165) is 10.5 Å². The lowest BCUT2D eigenvalue weighted by Crippen LogP contribution is -1.78. The minimum atomic E-state index is 0.694. The summed E-state index contributed by atoms with van der Waals surface area (Å²) < 4.78 is 1.73. The molecular weight excluding hydrogens is 158 g/mol. The third-order valence-electron chi connectivity index (χ3n) is 1.54. The molecule has 0 atom stereocenters. The van der Waals surface area contributed by atoms with Gasteiger partial charge in [-0.3, -0.25) is 0 Å². The first-order valence-electron chi connectivity index (χ1n) is 3.15. The Morgan fingerprint density at radius 1 is 1.73 bits per heavy atom. The van der Waals surface area contributed by atoms with Crippen molar-refractivity contribution in [3.8, 4) is 6.07 Å². The van der Waals surface area contributed by atoms with Gasteiger partial charge in [0.05, 0.1) is 5.69 Å². The van der Waals surface area contributed by atoms with Crippen molar-refractivity contribution in [3.63, 3.8) is 0 Å². The van der Waals surface area contributed by atoms with Crippen LogP contribution >= 0.6 is 11.3 Å². The Bertz CT molecular complexity index is 432. The van der Waals surface area contributed by atoms with Gasteiger partial charge in [-0.1, -0.05) is 0 Å². The monoisotopic (exact) mass is 163 g/mol. The summed E-state index contributed by atoms with van der Waals surface area (Å²) in [4.78, 5) is 0.935. The van der Waals surface area contributed by atoms with Crippen LogP contribution in [0, 0.1) is 18.3 Å². The third-order valence-corrected chi connectivity index (χ3v) is 2.41. The van der Waals surface area contributed by atoms with E-state index in [1.54, 1.807) is 4.52 Å². The second kappa shape index (κ2) is 2.07. The molecule has 0 aromatic carbocycles. The molecule has 0 aliphatic heterocycles. The fourth-order valence-electron chi connectivity index (χ4n) is 1.02. The summed E-state index contributed by atoms with van der Waals surface area (Å²) in [6.07, 6.45) is 1.86. The lowest BCUT2D eigenvalue weighted by atomic mass is 10.3. The maximum absolute atomic E-state index is 8.73. The predicted molar refractivity (Wildman–Crippen MR) is 42.5 cm³/mol. The van der Waals surface area contributed by atoms with Crippen LogP contribution in [0.1, 0.15) is 11.3 Å². The molecule has 2 rings (SSSR count). The highest BCUT2D eigenvalue weighted by atomic mass is 32.1. The van der Waals surface area contributed by atoms with Gasteiger partial charge in [0.25, 0.3) is 0 Å². The molecule has 4 heteroatoms. The number of aromatic nitrogens is 2. The fraction of sp³-hybridized carbons (Fsp3) is 0.143. The number of aryl methyl sites for hydroxylation is 1. The van der Waals surface area contributed by atoms with Crippen molar-refractivity contribution in [1.82, 2.24) is 9.61 Å². The molecule has 0 radical (unpaired) electrons. The highest BCUT2D eigenvalue weighted by Gasteiger charge is 2.07. The first-order chi connectivity index (χ1) is 5.33. The molecule has 0 saturated heterocycles. The van der Waals surface area contributed by atoms with Crippen molar-refractivity contribution in [2.75, 3.05) is 0 Å².